The zero-order valence-corrected chi connectivity index (χ0v) is 10.9. The van der Waals surface area contributed by atoms with Gasteiger partial charge in [0.25, 0.3) is 0 Å². The molecule has 0 aromatic carbocycles. The molecule has 0 saturated heterocycles. The predicted octanol–water partition coefficient (Wildman–Crippen LogP) is 1.49. The molecule has 0 atom stereocenters. The van der Waals surface area contributed by atoms with Crippen LogP contribution in [0.4, 0.5) is 0 Å². The average molecular weight is 281 g/mol. The van der Waals surface area contributed by atoms with Gasteiger partial charge in [-0.1, -0.05) is 12.1 Å². The van der Waals surface area contributed by atoms with Crippen molar-refractivity contribution in [2.24, 2.45) is 0 Å². The minimum absolute atomic E-state index is 0.286. The Hall–Kier alpha value is -3.09. The highest BCUT2D eigenvalue weighted by atomic mass is 16.4. The molecule has 0 aliphatic heterocycles. The summed E-state index contributed by atoms with van der Waals surface area (Å²) in [6.45, 7) is -0.286. The normalized spacial score (nSPS) is 10.5. The van der Waals surface area contributed by atoms with Crippen molar-refractivity contribution >= 4 is 5.97 Å². The number of carboxylic acid groups (broad SMARTS) is 1. The summed E-state index contributed by atoms with van der Waals surface area (Å²) in [6, 6.07) is 10.7. The second-order valence-electron chi connectivity index (χ2n) is 4.24. The van der Waals surface area contributed by atoms with E-state index in [1.807, 2.05) is 12.1 Å². The van der Waals surface area contributed by atoms with E-state index >= 15 is 0 Å². The summed E-state index contributed by atoms with van der Waals surface area (Å²) in [5.41, 5.74) is 1.15. The first-order valence-corrected chi connectivity index (χ1v) is 6.23. The lowest BCUT2D eigenvalue weighted by atomic mass is 10.3. The highest BCUT2D eigenvalue weighted by molar-refractivity contribution is 5.68. The first kappa shape index (κ1) is 12.9. The molecule has 0 unspecified atom stereocenters. The van der Waals surface area contributed by atoms with Gasteiger partial charge in [0, 0.05) is 12.4 Å². The Kier molecular flexibility index (Phi) is 3.38. The van der Waals surface area contributed by atoms with Gasteiger partial charge in [-0.25, -0.2) is 9.67 Å². The summed E-state index contributed by atoms with van der Waals surface area (Å²) >= 11 is 0. The molecule has 0 amide bonds. The van der Waals surface area contributed by atoms with Crippen LogP contribution in [-0.2, 0) is 11.3 Å². The summed E-state index contributed by atoms with van der Waals surface area (Å²) in [7, 11) is 0. The number of nitrogens with zero attached hydrogens (tertiary/aromatic N) is 5. The third-order valence-electron chi connectivity index (χ3n) is 2.74. The van der Waals surface area contributed by atoms with E-state index in [-0.39, 0.29) is 6.54 Å². The summed E-state index contributed by atoms with van der Waals surface area (Å²) in [5, 5.41) is 13.2. The maximum absolute atomic E-state index is 11.0. The number of rotatable bonds is 4. The molecule has 3 rings (SSSR count). The van der Waals surface area contributed by atoms with Gasteiger partial charge in [-0.05, 0) is 24.3 Å². The topological polar surface area (TPSA) is 93.8 Å². The molecule has 21 heavy (non-hydrogen) atoms. The molecule has 3 aromatic rings. The smallest absolute Gasteiger partial charge is 0.325 e. The fourth-order valence-electron chi connectivity index (χ4n) is 1.87. The lowest BCUT2D eigenvalue weighted by Gasteiger charge is -2.01. The highest BCUT2D eigenvalue weighted by Crippen LogP contribution is 2.19. The molecule has 0 radical (unpaired) electrons. The highest BCUT2D eigenvalue weighted by Gasteiger charge is 2.16. The van der Waals surface area contributed by atoms with Gasteiger partial charge in [-0.15, -0.1) is 5.10 Å². The SMILES string of the molecule is O=C(O)Cn1nc(-c2ccccn2)nc1-c1ccccn1. The predicted molar refractivity (Wildman–Crippen MR) is 74.1 cm³/mol. The molecule has 0 aliphatic rings. The minimum Gasteiger partial charge on any atom is -0.480 e. The first-order valence-electron chi connectivity index (χ1n) is 6.23. The number of aliphatic carboxylic acids is 1. The van der Waals surface area contributed by atoms with Crippen molar-refractivity contribution in [3.63, 3.8) is 0 Å². The van der Waals surface area contributed by atoms with E-state index in [1.54, 1.807) is 36.7 Å². The molecule has 7 nitrogen and oxygen atoms in total. The lowest BCUT2D eigenvalue weighted by Crippen LogP contribution is -2.12. The Morgan fingerprint density at radius 1 is 1.05 bits per heavy atom. The van der Waals surface area contributed by atoms with Gasteiger partial charge < -0.3 is 5.11 Å². The van der Waals surface area contributed by atoms with E-state index in [1.165, 1.54) is 4.68 Å². The van der Waals surface area contributed by atoms with Gasteiger partial charge in [0.05, 0.1) is 0 Å². The fourth-order valence-corrected chi connectivity index (χ4v) is 1.87. The minimum atomic E-state index is -0.996. The molecule has 104 valence electrons. The van der Waals surface area contributed by atoms with Crippen LogP contribution in [0.5, 0.6) is 0 Å². The van der Waals surface area contributed by atoms with Crippen LogP contribution in [0.3, 0.4) is 0 Å². The van der Waals surface area contributed by atoms with Crippen LogP contribution in [0.1, 0.15) is 0 Å². The molecular weight excluding hydrogens is 270 g/mol. The van der Waals surface area contributed by atoms with Crippen molar-refractivity contribution in [3.8, 4) is 23.0 Å². The van der Waals surface area contributed by atoms with E-state index < -0.39 is 5.97 Å². The zero-order valence-electron chi connectivity index (χ0n) is 10.9. The van der Waals surface area contributed by atoms with Crippen molar-refractivity contribution < 1.29 is 9.90 Å². The standard InChI is InChI=1S/C14H11N5O2/c20-12(21)9-19-14(11-6-2-4-8-16-11)17-13(18-19)10-5-1-3-7-15-10/h1-8H,9H2,(H,20,21). The molecule has 0 aliphatic carbocycles. The van der Waals surface area contributed by atoms with Gasteiger partial charge in [0.1, 0.15) is 17.9 Å². The van der Waals surface area contributed by atoms with Crippen molar-refractivity contribution in [1.82, 2.24) is 24.7 Å². The maximum Gasteiger partial charge on any atom is 0.325 e. The molecule has 1 N–H and O–H groups in total. The number of pyridine rings is 2. The van der Waals surface area contributed by atoms with Crippen LogP contribution >= 0.6 is 0 Å². The van der Waals surface area contributed by atoms with Crippen molar-refractivity contribution in [3.05, 3.63) is 48.8 Å². The Morgan fingerprint density at radius 2 is 1.71 bits per heavy atom. The number of hydrogen-bond donors (Lipinski definition) is 1. The van der Waals surface area contributed by atoms with Crippen LogP contribution in [0.25, 0.3) is 23.0 Å². The van der Waals surface area contributed by atoms with E-state index in [0.717, 1.165) is 0 Å². The van der Waals surface area contributed by atoms with Gasteiger partial charge in [-0.3, -0.25) is 14.8 Å². The van der Waals surface area contributed by atoms with Gasteiger partial charge in [-0.2, -0.15) is 0 Å². The second-order valence-corrected chi connectivity index (χ2v) is 4.24. The van der Waals surface area contributed by atoms with Crippen molar-refractivity contribution in [2.75, 3.05) is 0 Å². The molecule has 7 heteroatoms. The Balaban J connectivity index is 2.10. The average Bonchev–Trinajstić information content (AvgIpc) is 2.92. The Labute approximate surface area is 119 Å². The monoisotopic (exact) mass is 281 g/mol. The molecule has 0 bridgehead atoms. The first-order chi connectivity index (χ1) is 10.2. The van der Waals surface area contributed by atoms with Crippen molar-refractivity contribution in [1.29, 1.82) is 0 Å². The van der Waals surface area contributed by atoms with Crippen LogP contribution in [0.2, 0.25) is 0 Å². The molecular formula is C14H11N5O2. The molecule has 0 saturated carbocycles. The van der Waals surface area contributed by atoms with E-state index in [9.17, 15) is 4.79 Å². The Morgan fingerprint density at radius 3 is 2.29 bits per heavy atom. The van der Waals surface area contributed by atoms with Crippen LogP contribution < -0.4 is 0 Å². The van der Waals surface area contributed by atoms with E-state index in [4.69, 9.17) is 5.11 Å². The van der Waals surface area contributed by atoms with Gasteiger partial charge >= 0.3 is 5.97 Å². The van der Waals surface area contributed by atoms with E-state index in [0.29, 0.717) is 23.0 Å². The zero-order chi connectivity index (χ0) is 14.7. The molecule has 0 spiro atoms. The second kappa shape index (κ2) is 5.49. The third kappa shape index (κ3) is 2.76. The third-order valence-corrected chi connectivity index (χ3v) is 2.74. The summed E-state index contributed by atoms with van der Waals surface area (Å²) < 4.78 is 1.31. The lowest BCUT2D eigenvalue weighted by molar-refractivity contribution is -0.137. The number of aromatic nitrogens is 5. The number of hydrogen-bond acceptors (Lipinski definition) is 5. The quantitative estimate of drug-likeness (QED) is 0.778. The summed E-state index contributed by atoms with van der Waals surface area (Å²) in [5.74, 6) is -0.221. The Bertz CT molecular complexity index is 756. The van der Waals surface area contributed by atoms with Crippen LogP contribution in [0, 0.1) is 0 Å². The number of carboxylic acids is 1. The van der Waals surface area contributed by atoms with Crippen LogP contribution in [0.15, 0.2) is 48.8 Å². The largest absolute Gasteiger partial charge is 0.480 e. The molecule has 0 fully saturated rings. The fraction of sp³-hybridized carbons (Fsp3) is 0.0714. The van der Waals surface area contributed by atoms with Crippen LogP contribution in [-0.4, -0.2) is 35.8 Å². The van der Waals surface area contributed by atoms with Gasteiger partial charge in [0.15, 0.2) is 11.6 Å². The van der Waals surface area contributed by atoms with Gasteiger partial charge in [0.2, 0.25) is 0 Å². The molecule has 3 heterocycles. The maximum atomic E-state index is 11.0. The molecule has 3 aromatic heterocycles. The summed E-state index contributed by atoms with van der Waals surface area (Å²) in [6.07, 6.45) is 3.25. The summed E-state index contributed by atoms with van der Waals surface area (Å²) in [4.78, 5) is 23.7. The van der Waals surface area contributed by atoms with Crippen molar-refractivity contribution in [2.45, 2.75) is 6.54 Å². The van der Waals surface area contributed by atoms with E-state index in [2.05, 4.69) is 20.1 Å². The number of carbonyl (C=O) groups is 1.